The number of hydrogen-bond donors (Lipinski definition) is 1. The lowest BCUT2D eigenvalue weighted by Crippen LogP contribution is -2.15. The summed E-state index contributed by atoms with van der Waals surface area (Å²) >= 11 is 0. The minimum Gasteiger partial charge on any atom is -0.336 e. The number of hydrogen-bond acceptors (Lipinski definition) is 2. The predicted molar refractivity (Wildman–Crippen MR) is 60.4 cm³/mol. The third-order valence-corrected chi connectivity index (χ3v) is 2.57. The van der Waals surface area contributed by atoms with Gasteiger partial charge in [0, 0.05) is 7.05 Å². The van der Waals surface area contributed by atoms with Crippen molar-refractivity contribution in [2.45, 2.75) is 13.0 Å². The van der Waals surface area contributed by atoms with E-state index in [0.29, 0.717) is 0 Å². The van der Waals surface area contributed by atoms with Gasteiger partial charge in [-0.1, -0.05) is 29.8 Å². The first kappa shape index (κ1) is 9.93. The van der Waals surface area contributed by atoms with Crippen molar-refractivity contribution in [1.82, 2.24) is 9.55 Å². The molecule has 1 atom stereocenters. The lowest BCUT2D eigenvalue weighted by molar-refractivity contribution is 0.745. The van der Waals surface area contributed by atoms with Crippen molar-refractivity contribution in [1.29, 1.82) is 0 Å². The maximum absolute atomic E-state index is 6.17. The SMILES string of the molecule is Cc1cccc(C(N)c2cncn2C)c1. The van der Waals surface area contributed by atoms with Crippen molar-refractivity contribution in [3.05, 3.63) is 53.6 Å². The van der Waals surface area contributed by atoms with Crippen molar-refractivity contribution in [3.8, 4) is 0 Å². The van der Waals surface area contributed by atoms with E-state index in [-0.39, 0.29) is 6.04 Å². The minimum absolute atomic E-state index is 0.0996. The third-order valence-electron chi connectivity index (χ3n) is 2.57. The zero-order valence-electron chi connectivity index (χ0n) is 9.01. The summed E-state index contributed by atoms with van der Waals surface area (Å²) in [6.45, 7) is 2.07. The number of benzene rings is 1. The van der Waals surface area contributed by atoms with Crippen LogP contribution in [0.4, 0.5) is 0 Å². The molecule has 0 radical (unpaired) electrons. The van der Waals surface area contributed by atoms with Crippen molar-refractivity contribution in [2.75, 3.05) is 0 Å². The molecular weight excluding hydrogens is 186 g/mol. The molecule has 1 aromatic heterocycles. The van der Waals surface area contributed by atoms with Gasteiger partial charge in [0.2, 0.25) is 0 Å². The molecule has 0 bridgehead atoms. The van der Waals surface area contributed by atoms with Crippen LogP contribution in [0.1, 0.15) is 22.9 Å². The topological polar surface area (TPSA) is 43.8 Å². The first-order chi connectivity index (χ1) is 7.18. The van der Waals surface area contributed by atoms with Crippen molar-refractivity contribution >= 4 is 0 Å². The van der Waals surface area contributed by atoms with Gasteiger partial charge in [-0.15, -0.1) is 0 Å². The van der Waals surface area contributed by atoms with E-state index in [1.807, 2.05) is 29.9 Å². The molecule has 0 spiro atoms. The Balaban J connectivity index is 2.36. The normalized spacial score (nSPS) is 12.7. The van der Waals surface area contributed by atoms with Gasteiger partial charge in [0.1, 0.15) is 0 Å². The molecule has 2 aromatic rings. The van der Waals surface area contributed by atoms with Crippen LogP contribution in [-0.2, 0) is 7.05 Å². The number of nitrogens with two attached hydrogens (primary N) is 1. The van der Waals surface area contributed by atoms with Crippen LogP contribution >= 0.6 is 0 Å². The molecule has 1 heterocycles. The number of nitrogens with zero attached hydrogens (tertiary/aromatic N) is 2. The number of rotatable bonds is 2. The van der Waals surface area contributed by atoms with E-state index in [9.17, 15) is 0 Å². The average Bonchev–Trinajstić information content (AvgIpc) is 2.63. The van der Waals surface area contributed by atoms with Crippen LogP contribution in [0.2, 0.25) is 0 Å². The van der Waals surface area contributed by atoms with E-state index in [0.717, 1.165) is 11.3 Å². The summed E-state index contributed by atoms with van der Waals surface area (Å²) in [5, 5.41) is 0. The number of aromatic nitrogens is 2. The molecule has 0 saturated heterocycles. The maximum Gasteiger partial charge on any atom is 0.0946 e. The molecule has 15 heavy (non-hydrogen) atoms. The van der Waals surface area contributed by atoms with Crippen molar-refractivity contribution < 1.29 is 0 Å². The molecule has 1 unspecified atom stereocenters. The standard InChI is InChI=1S/C12H15N3/c1-9-4-3-5-10(6-9)12(13)11-7-14-8-15(11)2/h3-8,12H,13H2,1-2H3. The zero-order chi connectivity index (χ0) is 10.8. The van der Waals surface area contributed by atoms with Gasteiger partial charge < -0.3 is 10.3 Å². The van der Waals surface area contributed by atoms with E-state index >= 15 is 0 Å². The van der Waals surface area contributed by atoms with Crippen LogP contribution < -0.4 is 5.73 Å². The molecule has 78 valence electrons. The Kier molecular flexibility index (Phi) is 2.56. The van der Waals surface area contributed by atoms with Gasteiger partial charge in [0.15, 0.2) is 0 Å². The van der Waals surface area contributed by atoms with E-state index < -0.39 is 0 Å². The van der Waals surface area contributed by atoms with E-state index in [1.54, 1.807) is 6.33 Å². The van der Waals surface area contributed by atoms with Crippen molar-refractivity contribution in [3.63, 3.8) is 0 Å². The van der Waals surface area contributed by atoms with Crippen LogP contribution in [0.5, 0.6) is 0 Å². The van der Waals surface area contributed by atoms with Crippen molar-refractivity contribution in [2.24, 2.45) is 12.8 Å². The second kappa shape index (κ2) is 3.87. The lowest BCUT2D eigenvalue weighted by atomic mass is 10.0. The molecule has 3 nitrogen and oxygen atoms in total. The van der Waals surface area contributed by atoms with Gasteiger partial charge in [-0.3, -0.25) is 0 Å². The van der Waals surface area contributed by atoms with Crippen LogP contribution in [0.15, 0.2) is 36.8 Å². The molecule has 0 amide bonds. The van der Waals surface area contributed by atoms with Gasteiger partial charge >= 0.3 is 0 Å². The van der Waals surface area contributed by atoms with Gasteiger partial charge in [0.05, 0.1) is 24.3 Å². The Labute approximate surface area is 89.6 Å². The highest BCUT2D eigenvalue weighted by molar-refractivity contribution is 5.30. The first-order valence-electron chi connectivity index (χ1n) is 4.97. The fourth-order valence-corrected chi connectivity index (χ4v) is 1.70. The summed E-state index contributed by atoms with van der Waals surface area (Å²) in [5.41, 5.74) is 9.55. The molecule has 2 N–H and O–H groups in total. The zero-order valence-corrected chi connectivity index (χ0v) is 9.01. The summed E-state index contributed by atoms with van der Waals surface area (Å²) in [6.07, 6.45) is 3.58. The highest BCUT2D eigenvalue weighted by Gasteiger charge is 2.11. The Morgan fingerprint density at radius 1 is 1.40 bits per heavy atom. The first-order valence-corrected chi connectivity index (χ1v) is 4.97. The Hall–Kier alpha value is -1.61. The molecule has 2 rings (SSSR count). The largest absolute Gasteiger partial charge is 0.336 e. The van der Waals surface area contributed by atoms with Gasteiger partial charge in [0.25, 0.3) is 0 Å². The number of imidazole rings is 1. The third kappa shape index (κ3) is 1.92. The second-order valence-electron chi connectivity index (χ2n) is 3.82. The molecule has 3 heteroatoms. The van der Waals surface area contributed by atoms with Gasteiger partial charge in [-0.2, -0.15) is 0 Å². The van der Waals surface area contributed by atoms with E-state index in [1.165, 1.54) is 5.56 Å². The summed E-state index contributed by atoms with van der Waals surface area (Å²) in [7, 11) is 1.96. The van der Waals surface area contributed by atoms with E-state index in [2.05, 4.69) is 24.0 Å². The molecule has 0 aliphatic heterocycles. The minimum atomic E-state index is -0.0996. The Bertz CT molecular complexity index is 459. The van der Waals surface area contributed by atoms with E-state index in [4.69, 9.17) is 5.73 Å². The smallest absolute Gasteiger partial charge is 0.0946 e. The quantitative estimate of drug-likeness (QED) is 0.804. The molecule has 1 aromatic carbocycles. The molecule has 0 aliphatic rings. The summed E-state index contributed by atoms with van der Waals surface area (Å²) in [5.74, 6) is 0. The van der Waals surface area contributed by atoms with Crippen LogP contribution in [0, 0.1) is 6.92 Å². The molecule has 0 fully saturated rings. The Morgan fingerprint density at radius 2 is 2.20 bits per heavy atom. The summed E-state index contributed by atoms with van der Waals surface area (Å²) in [4.78, 5) is 4.07. The van der Waals surface area contributed by atoms with Crippen LogP contribution in [-0.4, -0.2) is 9.55 Å². The maximum atomic E-state index is 6.17. The Morgan fingerprint density at radius 3 is 2.80 bits per heavy atom. The van der Waals surface area contributed by atoms with Gasteiger partial charge in [-0.05, 0) is 12.5 Å². The fraction of sp³-hybridized carbons (Fsp3) is 0.250. The number of aryl methyl sites for hydroxylation is 2. The predicted octanol–water partition coefficient (Wildman–Crippen LogP) is 1.78. The van der Waals surface area contributed by atoms with Crippen LogP contribution in [0.3, 0.4) is 0 Å². The lowest BCUT2D eigenvalue weighted by Gasteiger charge is -2.13. The van der Waals surface area contributed by atoms with Crippen LogP contribution in [0.25, 0.3) is 0 Å². The fourth-order valence-electron chi connectivity index (χ4n) is 1.70. The second-order valence-corrected chi connectivity index (χ2v) is 3.82. The molecular formula is C12H15N3. The van der Waals surface area contributed by atoms with Gasteiger partial charge in [-0.25, -0.2) is 4.98 Å². The monoisotopic (exact) mass is 201 g/mol. The summed E-state index contributed by atoms with van der Waals surface area (Å²) in [6, 6.07) is 8.15. The summed E-state index contributed by atoms with van der Waals surface area (Å²) < 4.78 is 1.95. The highest BCUT2D eigenvalue weighted by Crippen LogP contribution is 2.19. The highest BCUT2D eigenvalue weighted by atomic mass is 15.0. The molecule has 0 aliphatic carbocycles. The average molecular weight is 201 g/mol. The molecule has 0 saturated carbocycles.